The van der Waals surface area contributed by atoms with Gasteiger partial charge in [-0.05, 0) is 56.3 Å². The van der Waals surface area contributed by atoms with Gasteiger partial charge in [0.05, 0.1) is 17.8 Å². The van der Waals surface area contributed by atoms with E-state index in [-0.39, 0.29) is 53.4 Å². The molecule has 0 aromatic rings. The van der Waals surface area contributed by atoms with Crippen LogP contribution in [0.2, 0.25) is 0 Å². The molecule has 4 aliphatic carbocycles. The summed E-state index contributed by atoms with van der Waals surface area (Å²) in [4.78, 5) is 27.2. The number of Topliss-reactive ketones (excluding diaryl/α,β-unsaturated/α-hetero) is 2. The second-order valence-electron chi connectivity index (χ2n) is 14.2. The van der Waals surface area contributed by atoms with Gasteiger partial charge in [-0.1, -0.05) is 57.9 Å². The Morgan fingerprint density at radius 2 is 1.71 bits per heavy atom. The average Bonchev–Trinajstić information content (AvgIpc) is 2.93. The maximum Gasteiger partial charge on any atom is 0.162 e. The standard InChI is InChI=1S/C30H44O5/c1-16(2)11-17-13-29(7,34)24-21(35-17)14-27(5)22-10-9-18-19(12-20(31)25(33)26(18,3)4)30(22,8)23(32)15-28(24,27)6/h9,11,17,19,21-22,24-25,33-34H,10,12-15H2,1-8H3. The van der Waals surface area contributed by atoms with Gasteiger partial charge in [-0.15, -0.1) is 0 Å². The summed E-state index contributed by atoms with van der Waals surface area (Å²) >= 11 is 0. The summed E-state index contributed by atoms with van der Waals surface area (Å²) in [6.07, 6.45) is 5.82. The summed E-state index contributed by atoms with van der Waals surface area (Å²) in [5.41, 5.74) is -0.614. The van der Waals surface area contributed by atoms with E-state index < -0.39 is 27.9 Å². The van der Waals surface area contributed by atoms with Crippen molar-refractivity contribution in [2.45, 2.75) is 111 Å². The van der Waals surface area contributed by atoms with Crippen LogP contribution in [0.15, 0.2) is 23.3 Å². The van der Waals surface area contributed by atoms with Crippen molar-refractivity contribution in [1.82, 2.24) is 0 Å². The second kappa shape index (κ2) is 7.39. The molecule has 0 bridgehead atoms. The summed E-state index contributed by atoms with van der Waals surface area (Å²) in [6, 6.07) is 0. The second-order valence-corrected chi connectivity index (χ2v) is 14.2. The van der Waals surface area contributed by atoms with E-state index in [0.29, 0.717) is 12.8 Å². The smallest absolute Gasteiger partial charge is 0.162 e. The molecule has 5 nitrogen and oxygen atoms in total. The van der Waals surface area contributed by atoms with Crippen LogP contribution in [0.4, 0.5) is 0 Å². The van der Waals surface area contributed by atoms with Crippen LogP contribution in [0.1, 0.15) is 87.5 Å². The Bertz CT molecular complexity index is 1030. The highest BCUT2D eigenvalue weighted by Gasteiger charge is 2.75. The number of allylic oxidation sites excluding steroid dienone is 2. The molecule has 5 heteroatoms. The van der Waals surface area contributed by atoms with Crippen molar-refractivity contribution in [2.24, 2.45) is 39.4 Å². The highest BCUT2D eigenvalue weighted by Crippen LogP contribution is 2.75. The molecule has 1 aliphatic heterocycles. The zero-order chi connectivity index (χ0) is 25.9. The monoisotopic (exact) mass is 484 g/mol. The lowest BCUT2D eigenvalue weighted by atomic mass is 9.38. The topological polar surface area (TPSA) is 83.8 Å². The van der Waals surface area contributed by atoms with Gasteiger partial charge >= 0.3 is 0 Å². The number of carbonyl (C=O) groups excluding carboxylic acids is 2. The number of ketones is 2. The molecule has 194 valence electrons. The molecule has 0 spiro atoms. The molecule has 5 aliphatic rings. The zero-order valence-corrected chi connectivity index (χ0v) is 22.8. The van der Waals surface area contributed by atoms with Crippen LogP contribution in [-0.2, 0) is 14.3 Å². The molecule has 10 atom stereocenters. The first-order valence-corrected chi connectivity index (χ1v) is 13.5. The lowest BCUT2D eigenvalue weighted by molar-refractivity contribution is -0.200. The zero-order valence-electron chi connectivity index (χ0n) is 22.8. The number of ether oxygens (including phenoxy) is 1. The fraction of sp³-hybridized carbons (Fsp3) is 0.800. The summed E-state index contributed by atoms with van der Waals surface area (Å²) < 4.78 is 6.65. The number of aliphatic hydroxyl groups excluding tert-OH is 1. The van der Waals surface area contributed by atoms with Crippen LogP contribution < -0.4 is 0 Å². The molecule has 2 N–H and O–H groups in total. The van der Waals surface area contributed by atoms with Crippen LogP contribution >= 0.6 is 0 Å². The SMILES string of the molecule is CC(C)=CC1CC(C)(O)C2C(CC3(C)C4CC=C5C(CC(=O)C(O)C5(C)C)C4(C)C(=O)CC23C)O1. The van der Waals surface area contributed by atoms with E-state index in [1.54, 1.807) is 0 Å². The number of aliphatic hydroxyl groups is 2. The fourth-order valence-electron chi connectivity index (χ4n) is 9.82. The molecule has 10 unspecified atom stereocenters. The van der Waals surface area contributed by atoms with Crippen LogP contribution in [0, 0.1) is 39.4 Å². The third kappa shape index (κ3) is 3.10. The minimum absolute atomic E-state index is 0.0562. The molecule has 5 rings (SSSR count). The van der Waals surface area contributed by atoms with Gasteiger partial charge in [0.15, 0.2) is 5.78 Å². The summed E-state index contributed by atoms with van der Waals surface area (Å²) in [5, 5.41) is 22.5. The molecular weight excluding hydrogens is 440 g/mol. The lowest BCUT2D eigenvalue weighted by Crippen LogP contribution is -2.65. The fourth-order valence-corrected chi connectivity index (χ4v) is 9.82. The molecule has 1 saturated heterocycles. The third-order valence-corrected chi connectivity index (χ3v) is 11.6. The average molecular weight is 485 g/mol. The third-order valence-electron chi connectivity index (χ3n) is 11.6. The highest BCUT2D eigenvalue weighted by molar-refractivity contribution is 5.92. The number of fused-ring (bicyclic) bond motifs is 7. The largest absolute Gasteiger partial charge is 0.390 e. The first-order chi connectivity index (χ1) is 16.0. The first kappa shape index (κ1) is 25.4. The van der Waals surface area contributed by atoms with Crippen molar-refractivity contribution in [3.05, 3.63) is 23.3 Å². The van der Waals surface area contributed by atoms with E-state index in [9.17, 15) is 19.8 Å². The number of hydrogen-bond acceptors (Lipinski definition) is 5. The normalized spacial score (nSPS) is 52.6. The van der Waals surface area contributed by atoms with Gasteiger partial charge in [0.25, 0.3) is 0 Å². The molecule has 0 aromatic carbocycles. The van der Waals surface area contributed by atoms with Gasteiger partial charge in [-0.25, -0.2) is 0 Å². The van der Waals surface area contributed by atoms with Crippen molar-refractivity contribution in [2.75, 3.05) is 0 Å². The molecule has 35 heavy (non-hydrogen) atoms. The number of carbonyl (C=O) groups is 2. The summed E-state index contributed by atoms with van der Waals surface area (Å²) in [7, 11) is 0. The summed E-state index contributed by atoms with van der Waals surface area (Å²) in [6.45, 7) is 16.6. The summed E-state index contributed by atoms with van der Waals surface area (Å²) in [5.74, 6) is -0.182. The Morgan fingerprint density at radius 1 is 1.06 bits per heavy atom. The minimum Gasteiger partial charge on any atom is -0.390 e. The van der Waals surface area contributed by atoms with Crippen LogP contribution in [-0.4, -0.2) is 45.7 Å². The van der Waals surface area contributed by atoms with Crippen LogP contribution in [0.3, 0.4) is 0 Å². The van der Waals surface area contributed by atoms with Crippen molar-refractivity contribution in [3.8, 4) is 0 Å². The van der Waals surface area contributed by atoms with E-state index in [0.717, 1.165) is 18.4 Å². The molecule has 1 heterocycles. The van der Waals surface area contributed by atoms with Crippen LogP contribution in [0.5, 0.6) is 0 Å². The minimum atomic E-state index is -1.02. The van der Waals surface area contributed by atoms with Gasteiger partial charge in [0.1, 0.15) is 11.9 Å². The van der Waals surface area contributed by atoms with Crippen molar-refractivity contribution in [3.63, 3.8) is 0 Å². The molecule has 3 saturated carbocycles. The van der Waals surface area contributed by atoms with E-state index in [2.05, 4.69) is 46.8 Å². The predicted molar refractivity (Wildman–Crippen MR) is 134 cm³/mol. The Labute approximate surface area is 210 Å². The van der Waals surface area contributed by atoms with Crippen LogP contribution in [0.25, 0.3) is 0 Å². The molecule has 0 radical (unpaired) electrons. The first-order valence-electron chi connectivity index (χ1n) is 13.5. The van der Waals surface area contributed by atoms with Crippen molar-refractivity contribution >= 4 is 11.6 Å². The van der Waals surface area contributed by atoms with E-state index >= 15 is 0 Å². The Kier molecular flexibility index (Phi) is 5.35. The highest BCUT2D eigenvalue weighted by atomic mass is 16.5. The molecule has 4 fully saturated rings. The molecular formula is C30H44O5. The Morgan fingerprint density at radius 3 is 2.34 bits per heavy atom. The van der Waals surface area contributed by atoms with Crippen molar-refractivity contribution < 1.29 is 24.5 Å². The number of rotatable bonds is 1. The predicted octanol–water partition coefficient (Wildman–Crippen LogP) is 4.80. The van der Waals surface area contributed by atoms with Gasteiger partial charge in [0.2, 0.25) is 0 Å². The maximum atomic E-state index is 14.3. The number of hydrogen-bond donors (Lipinski definition) is 2. The van der Waals surface area contributed by atoms with Gasteiger partial charge in [-0.3, -0.25) is 9.59 Å². The van der Waals surface area contributed by atoms with E-state index in [4.69, 9.17) is 4.74 Å². The molecule has 0 aromatic heterocycles. The van der Waals surface area contributed by atoms with Crippen molar-refractivity contribution in [1.29, 1.82) is 0 Å². The Hall–Kier alpha value is -1.30. The maximum absolute atomic E-state index is 14.3. The van der Waals surface area contributed by atoms with Gasteiger partial charge in [0, 0.05) is 36.0 Å². The quantitative estimate of drug-likeness (QED) is 0.523. The Balaban J connectivity index is 1.61. The lowest BCUT2D eigenvalue weighted by Gasteiger charge is -2.64. The van der Waals surface area contributed by atoms with Gasteiger partial charge in [-0.2, -0.15) is 0 Å². The van der Waals surface area contributed by atoms with E-state index in [1.807, 2.05) is 20.8 Å². The molecule has 0 amide bonds. The van der Waals surface area contributed by atoms with Gasteiger partial charge < -0.3 is 14.9 Å². The van der Waals surface area contributed by atoms with E-state index in [1.165, 1.54) is 5.57 Å².